The van der Waals surface area contributed by atoms with E-state index < -0.39 is 11.8 Å². The average molecular weight is 269 g/mol. The van der Waals surface area contributed by atoms with Gasteiger partial charge in [0.15, 0.2) is 0 Å². The molecule has 18 heavy (non-hydrogen) atoms. The van der Waals surface area contributed by atoms with E-state index in [0.717, 1.165) is 23.6 Å². The summed E-state index contributed by atoms with van der Waals surface area (Å²) in [5.74, 6) is -0.0543. The Hall–Kier alpha value is -1.33. The summed E-state index contributed by atoms with van der Waals surface area (Å²) in [5.41, 5.74) is 0.450. The van der Waals surface area contributed by atoms with E-state index in [1.807, 2.05) is 6.08 Å². The molecule has 2 N–H and O–H groups in total. The molecule has 0 aliphatic rings. The predicted octanol–water partition coefficient (Wildman–Crippen LogP) is 2.53. The molecule has 0 amide bonds. The number of nitrogens with one attached hydrogen (secondary N) is 1. The number of rotatable bonds is 8. The second kappa shape index (κ2) is 7.89. The van der Waals surface area contributed by atoms with Gasteiger partial charge >= 0.3 is 5.97 Å². The van der Waals surface area contributed by atoms with Crippen molar-refractivity contribution >= 4 is 17.7 Å². The maximum Gasteiger partial charge on any atom is 0.338 e. The van der Waals surface area contributed by atoms with Crippen molar-refractivity contribution in [2.75, 3.05) is 18.1 Å². The van der Waals surface area contributed by atoms with E-state index >= 15 is 0 Å². The SMILES string of the molecule is C=CCSCCNCc1ccc(C(=O)O)c(F)c1. The first kappa shape index (κ1) is 14.7. The third-order valence-electron chi connectivity index (χ3n) is 2.25. The Bertz CT molecular complexity index is 423. The number of carboxylic acids is 1. The molecular formula is C13H16FNO2S. The Morgan fingerprint density at radius 2 is 2.33 bits per heavy atom. The van der Waals surface area contributed by atoms with Crippen LogP contribution in [0.15, 0.2) is 30.9 Å². The molecule has 1 rings (SSSR count). The lowest BCUT2D eigenvalue weighted by Crippen LogP contribution is -2.17. The molecule has 3 nitrogen and oxygen atoms in total. The van der Waals surface area contributed by atoms with Crippen molar-refractivity contribution in [3.63, 3.8) is 0 Å². The zero-order valence-corrected chi connectivity index (χ0v) is 10.8. The highest BCUT2D eigenvalue weighted by atomic mass is 32.2. The maximum absolute atomic E-state index is 13.4. The minimum absolute atomic E-state index is 0.291. The number of benzene rings is 1. The number of carboxylic acid groups (broad SMARTS) is 1. The fourth-order valence-electron chi connectivity index (χ4n) is 1.39. The summed E-state index contributed by atoms with van der Waals surface area (Å²) in [6, 6.07) is 4.17. The van der Waals surface area contributed by atoms with Crippen molar-refractivity contribution in [2.45, 2.75) is 6.54 Å². The standard InChI is InChI=1S/C13H16FNO2S/c1-2-6-18-7-5-15-9-10-3-4-11(13(16)17)12(14)8-10/h2-4,8,15H,1,5-7,9H2,(H,16,17). The first-order chi connectivity index (χ1) is 8.65. The number of carbonyl (C=O) groups is 1. The monoisotopic (exact) mass is 269 g/mol. The van der Waals surface area contributed by atoms with Crippen LogP contribution in [0.2, 0.25) is 0 Å². The molecule has 0 bridgehead atoms. The zero-order valence-electron chi connectivity index (χ0n) is 9.99. The molecule has 0 atom stereocenters. The number of hydrogen-bond donors (Lipinski definition) is 2. The number of hydrogen-bond acceptors (Lipinski definition) is 3. The van der Waals surface area contributed by atoms with E-state index in [1.165, 1.54) is 12.1 Å². The van der Waals surface area contributed by atoms with E-state index in [2.05, 4.69) is 11.9 Å². The van der Waals surface area contributed by atoms with Gasteiger partial charge in [0, 0.05) is 24.6 Å². The Morgan fingerprint density at radius 1 is 1.56 bits per heavy atom. The fraction of sp³-hybridized carbons (Fsp3) is 0.308. The molecule has 0 aromatic heterocycles. The van der Waals surface area contributed by atoms with Gasteiger partial charge in [0.1, 0.15) is 5.82 Å². The van der Waals surface area contributed by atoms with E-state index in [1.54, 1.807) is 17.8 Å². The second-order valence-corrected chi connectivity index (χ2v) is 4.81. The van der Waals surface area contributed by atoms with Crippen LogP contribution in [0.25, 0.3) is 0 Å². The lowest BCUT2D eigenvalue weighted by Gasteiger charge is -2.05. The molecule has 1 aromatic carbocycles. The summed E-state index contributed by atoms with van der Waals surface area (Å²) in [6.07, 6.45) is 1.85. The number of aromatic carboxylic acids is 1. The molecule has 0 aliphatic heterocycles. The lowest BCUT2D eigenvalue weighted by molar-refractivity contribution is 0.0692. The molecule has 0 heterocycles. The van der Waals surface area contributed by atoms with E-state index in [4.69, 9.17) is 5.11 Å². The van der Waals surface area contributed by atoms with Gasteiger partial charge in [0.05, 0.1) is 5.56 Å². The predicted molar refractivity (Wildman–Crippen MR) is 72.6 cm³/mol. The molecule has 0 fully saturated rings. The van der Waals surface area contributed by atoms with Gasteiger partial charge in [-0.15, -0.1) is 6.58 Å². The zero-order chi connectivity index (χ0) is 13.4. The Labute approximate surface area is 110 Å². The van der Waals surface area contributed by atoms with Gasteiger partial charge in [-0.3, -0.25) is 0 Å². The first-order valence-electron chi connectivity index (χ1n) is 5.56. The molecular weight excluding hydrogens is 253 g/mol. The van der Waals surface area contributed by atoms with Crippen LogP contribution in [0.5, 0.6) is 0 Å². The van der Waals surface area contributed by atoms with Crippen LogP contribution in [0.4, 0.5) is 4.39 Å². The minimum atomic E-state index is -1.24. The number of halogens is 1. The Morgan fingerprint density at radius 3 is 2.94 bits per heavy atom. The van der Waals surface area contributed by atoms with Gasteiger partial charge in [-0.1, -0.05) is 12.1 Å². The van der Waals surface area contributed by atoms with E-state index in [9.17, 15) is 9.18 Å². The highest BCUT2D eigenvalue weighted by Gasteiger charge is 2.09. The molecule has 0 radical (unpaired) electrons. The Balaban J connectivity index is 2.37. The molecule has 0 saturated heterocycles. The van der Waals surface area contributed by atoms with Gasteiger partial charge in [0.2, 0.25) is 0 Å². The summed E-state index contributed by atoms with van der Waals surface area (Å²) >= 11 is 1.77. The smallest absolute Gasteiger partial charge is 0.338 e. The van der Waals surface area contributed by atoms with Crippen molar-refractivity contribution in [1.29, 1.82) is 0 Å². The van der Waals surface area contributed by atoms with E-state index in [0.29, 0.717) is 6.54 Å². The van der Waals surface area contributed by atoms with Crippen molar-refractivity contribution in [1.82, 2.24) is 5.32 Å². The van der Waals surface area contributed by atoms with Crippen LogP contribution in [0, 0.1) is 5.82 Å². The van der Waals surface area contributed by atoms with Crippen LogP contribution >= 0.6 is 11.8 Å². The third kappa shape index (κ3) is 4.89. The van der Waals surface area contributed by atoms with Crippen LogP contribution < -0.4 is 5.32 Å². The van der Waals surface area contributed by atoms with E-state index in [-0.39, 0.29) is 5.56 Å². The van der Waals surface area contributed by atoms with Crippen LogP contribution in [0.1, 0.15) is 15.9 Å². The molecule has 0 spiro atoms. The van der Waals surface area contributed by atoms with Crippen molar-refractivity contribution in [3.8, 4) is 0 Å². The minimum Gasteiger partial charge on any atom is -0.478 e. The molecule has 0 aliphatic carbocycles. The summed E-state index contributed by atoms with van der Waals surface area (Å²) in [4.78, 5) is 10.6. The summed E-state index contributed by atoms with van der Waals surface area (Å²) in [5, 5.41) is 11.9. The van der Waals surface area contributed by atoms with Gasteiger partial charge < -0.3 is 10.4 Å². The normalized spacial score (nSPS) is 10.3. The largest absolute Gasteiger partial charge is 0.478 e. The van der Waals surface area contributed by atoms with Crippen molar-refractivity contribution < 1.29 is 14.3 Å². The topological polar surface area (TPSA) is 49.3 Å². The summed E-state index contributed by atoms with van der Waals surface area (Å²) in [7, 11) is 0. The van der Waals surface area contributed by atoms with Crippen molar-refractivity contribution in [2.24, 2.45) is 0 Å². The first-order valence-corrected chi connectivity index (χ1v) is 6.71. The highest BCUT2D eigenvalue weighted by Crippen LogP contribution is 2.10. The van der Waals surface area contributed by atoms with Gasteiger partial charge in [-0.05, 0) is 17.7 Å². The van der Waals surface area contributed by atoms with Crippen LogP contribution in [0.3, 0.4) is 0 Å². The average Bonchev–Trinajstić information content (AvgIpc) is 2.33. The second-order valence-electron chi connectivity index (χ2n) is 3.66. The lowest BCUT2D eigenvalue weighted by atomic mass is 10.1. The summed E-state index contributed by atoms with van der Waals surface area (Å²) in [6.45, 7) is 4.98. The van der Waals surface area contributed by atoms with Gasteiger partial charge in [-0.25, -0.2) is 9.18 Å². The molecule has 1 aromatic rings. The molecule has 98 valence electrons. The fourth-order valence-corrected chi connectivity index (χ4v) is 2.01. The third-order valence-corrected chi connectivity index (χ3v) is 3.22. The van der Waals surface area contributed by atoms with Crippen LogP contribution in [-0.2, 0) is 6.54 Å². The van der Waals surface area contributed by atoms with Crippen molar-refractivity contribution in [3.05, 3.63) is 47.8 Å². The molecule has 0 saturated carbocycles. The summed E-state index contributed by atoms with van der Waals surface area (Å²) < 4.78 is 13.4. The highest BCUT2D eigenvalue weighted by molar-refractivity contribution is 7.99. The number of thioether (sulfide) groups is 1. The molecule has 0 unspecified atom stereocenters. The quantitative estimate of drug-likeness (QED) is 0.562. The Kier molecular flexibility index (Phi) is 6.46. The molecule has 5 heteroatoms. The van der Waals surface area contributed by atoms with Crippen LogP contribution in [-0.4, -0.2) is 29.1 Å². The van der Waals surface area contributed by atoms with Gasteiger partial charge in [-0.2, -0.15) is 11.8 Å². The maximum atomic E-state index is 13.4. The van der Waals surface area contributed by atoms with Gasteiger partial charge in [0.25, 0.3) is 0 Å².